The van der Waals surface area contributed by atoms with E-state index in [-0.39, 0.29) is 37.6 Å². The van der Waals surface area contributed by atoms with Crippen molar-refractivity contribution in [1.82, 2.24) is 25.5 Å². The Balaban J connectivity index is 1.47. The van der Waals surface area contributed by atoms with Crippen LogP contribution in [0.3, 0.4) is 0 Å². The molecule has 0 spiro atoms. The maximum Gasteiger partial charge on any atom is 0.332 e. The number of benzene rings is 2. The maximum atomic E-state index is 13.6. The number of carbonyl (C=O) groups is 3. The molecule has 2 aromatic carbocycles. The monoisotopic (exact) mass is 666 g/mol. The minimum atomic E-state index is -1.27. The molecular formula is C33H42N6O9. The normalized spacial score (nSPS) is 18.6. The molecule has 3 aromatic rings. The van der Waals surface area contributed by atoms with Gasteiger partial charge in [-0.05, 0) is 47.1 Å². The van der Waals surface area contributed by atoms with Crippen LogP contribution in [0, 0.1) is 22.0 Å². The number of nitrogens with one attached hydrogen (secondary N) is 1. The van der Waals surface area contributed by atoms with Gasteiger partial charge in [-0.3, -0.25) is 9.59 Å². The van der Waals surface area contributed by atoms with Crippen LogP contribution in [0.2, 0.25) is 0 Å². The highest BCUT2D eigenvalue weighted by molar-refractivity contribution is 5.85. The number of amides is 1. The van der Waals surface area contributed by atoms with Crippen LogP contribution in [0.1, 0.15) is 65.4 Å². The molecule has 0 unspecified atom stereocenters. The number of carbonyl (C=O) groups excluding carboxylic acids is 3. The first-order valence-electron chi connectivity index (χ1n) is 16.0. The van der Waals surface area contributed by atoms with Gasteiger partial charge in [-0.1, -0.05) is 75.7 Å². The molecule has 1 heterocycles. The summed E-state index contributed by atoms with van der Waals surface area (Å²) in [5.74, 6) is -2.20. The third kappa shape index (κ3) is 9.12. The summed E-state index contributed by atoms with van der Waals surface area (Å²) in [7, 11) is 1.38. The van der Waals surface area contributed by atoms with E-state index in [0.717, 1.165) is 28.7 Å². The van der Waals surface area contributed by atoms with Crippen LogP contribution < -0.4 is 0 Å². The van der Waals surface area contributed by atoms with E-state index in [1.165, 1.54) is 18.9 Å². The molecular weight excluding hydrogens is 624 g/mol. The van der Waals surface area contributed by atoms with Gasteiger partial charge in [0.15, 0.2) is 0 Å². The number of rotatable bonds is 16. The second-order valence-corrected chi connectivity index (χ2v) is 12.0. The highest BCUT2D eigenvalue weighted by Crippen LogP contribution is 2.32. The number of nitrogens with zero attached hydrogens (tertiary/aromatic N) is 5. The lowest BCUT2D eigenvalue weighted by molar-refractivity contribution is -0.770. The van der Waals surface area contributed by atoms with Gasteiger partial charge in [0.1, 0.15) is 12.1 Å². The fourth-order valence-corrected chi connectivity index (χ4v) is 5.90. The van der Waals surface area contributed by atoms with Crippen molar-refractivity contribution in [2.24, 2.45) is 11.8 Å². The van der Waals surface area contributed by atoms with Crippen LogP contribution in [0.4, 0.5) is 0 Å². The first-order chi connectivity index (χ1) is 23.0. The van der Waals surface area contributed by atoms with Crippen molar-refractivity contribution in [1.29, 1.82) is 0 Å². The summed E-state index contributed by atoms with van der Waals surface area (Å²) in [5.41, 5.74) is 3.43. The maximum absolute atomic E-state index is 13.6. The second-order valence-electron chi connectivity index (χ2n) is 12.0. The molecule has 15 heteroatoms. The van der Waals surface area contributed by atoms with Gasteiger partial charge in [-0.15, -0.1) is 20.3 Å². The average molecular weight is 667 g/mol. The standard InChI is InChI=1S/C33H42N6O9/c1-6-7-12-29(40)38(19-22-13-15-23(16-14-22)25-10-8-9-11-26(25)31-34-36-37-35-31)30(20(2)3)33(42)47-21(4)46-32(41)24-17-27(45-5)28(18-24)48-39(43)44/h8-11,13-16,20-21,24,27-28,30H,6-7,12,17-19H2,1-5H3,(H,34,35,36,37)/t21-,24+,27-,28-,30-/m0/s1. The molecule has 0 bridgehead atoms. The number of hydrogen-bond acceptors (Lipinski definition) is 12. The van der Waals surface area contributed by atoms with E-state index in [1.54, 1.807) is 0 Å². The summed E-state index contributed by atoms with van der Waals surface area (Å²) in [6.45, 7) is 7.19. The number of H-pyrrole nitrogens is 1. The number of hydrogen-bond donors (Lipinski definition) is 1. The Morgan fingerprint density at radius 3 is 2.31 bits per heavy atom. The van der Waals surface area contributed by atoms with Crippen molar-refractivity contribution in [3.8, 4) is 22.5 Å². The molecule has 48 heavy (non-hydrogen) atoms. The summed E-state index contributed by atoms with van der Waals surface area (Å²) >= 11 is 0. The van der Waals surface area contributed by atoms with Gasteiger partial charge in [-0.25, -0.2) is 4.79 Å². The molecule has 0 aliphatic heterocycles. The molecule has 15 nitrogen and oxygen atoms in total. The SMILES string of the molecule is CCCCC(=O)N(Cc1ccc(-c2ccccc2-c2nn[nH]n2)cc1)[C@H](C(=O)O[C@@H](C)OC(=O)[C@@H]1C[C@H](OC)[C@@H](O[N+](=O)[O-])C1)C(C)C. The molecule has 0 saturated heterocycles. The highest BCUT2D eigenvalue weighted by atomic mass is 17.0. The zero-order valence-corrected chi connectivity index (χ0v) is 27.7. The minimum Gasteiger partial charge on any atom is -0.425 e. The summed E-state index contributed by atoms with van der Waals surface area (Å²) < 4.78 is 16.2. The van der Waals surface area contributed by atoms with Gasteiger partial charge in [-0.2, -0.15) is 5.21 Å². The molecule has 1 aliphatic carbocycles. The highest BCUT2D eigenvalue weighted by Gasteiger charge is 2.42. The molecule has 5 atom stereocenters. The van der Waals surface area contributed by atoms with Gasteiger partial charge in [0.05, 0.1) is 12.0 Å². The molecule has 1 aromatic heterocycles. The Labute approximate surface area is 278 Å². The predicted molar refractivity (Wildman–Crippen MR) is 171 cm³/mol. The van der Waals surface area contributed by atoms with Crippen LogP contribution in [-0.4, -0.2) is 80.1 Å². The molecule has 0 radical (unpaired) electrons. The zero-order chi connectivity index (χ0) is 34.8. The summed E-state index contributed by atoms with van der Waals surface area (Å²) in [4.78, 5) is 57.1. The van der Waals surface area contributed by atoms with E-state index in [2.05, 4.69) is 25.5 Å². The zero-order valence-electron chi connectivity index (χ0n) is 27.7. The smallest absolute Gasteiger partial charge is 0.332 e. The van der Waals surface area contributed by atoms with E-state index in [1.807, 2.05) is 69.3 Å². The van der Waals surface area contributed by atoms with Crippen LogP contribution in [-0.2, 0) is 40.0 Å². The Bertz CT molecular complexity index is 1530. The Hall–Kier alpha value is -4.92. The molecule has 258 valence electrons. The predicted octanol–water partition coefficient (Wildman–Crippen LogP) is 4.51. The fourth-order valence-electron chi connectivity index (χ4n) is 5.90. The van der Waals surface area contributed by atoms with Crippen molar-refractivity contribution >= 4 is 17.8 Å². The molecule has 4 rings (SSSR count). The quantitative estimate of drug-likeness (QED) is 0.0976. The fraction of sp³-hybridized carbons (Fsp3) is 0.515. The van der Waals surface area contributed by atoms with E-state index in [0.29, 0.717) is 12.2 Å². The number of unbranched alkanes of at least 4 members (excludes halogenated alkanes) is 1. The van der Waals surface area contributed by atoms with Crippen molar-refractivity contribution in [2.75, 3.05) is 7.11 Å². The van der Waals surface area contributed by atoms with E-state index in [9.17, 15) is 24.5 Å². The average Bonchev–Trinajstić information content (AvgIpc) is 3.74. The molecule has 1 fully saturated rings. The van der Waals surface area contributed by atoms with Crippen molar-refractivity contribution in [3.05, 3.63) is 64.2 Å². The molecule has 1 aliphatic rings. The minimum absolute atomic E-state index is 0.0226. The Kier molecular flexibility index (Phi) is 12.5. The Morgan fingerprint density at radius 1 is 1.02 bits per heavy atom. The number of esters is 2. The lowest BCUT2D eigenvalue weighted by Crippen LogP contribution is -2.49. The lowest BCUT2D eigenvalue weighted by Gasteiger charge is -2.33. The first-order valence-corrected chi connectivity index (χ1v) is 16.0. The number of aromatic amines is 1. The van der Waals surface area contributed by atoms with Crippen LogP contribution in [0.15, 0.2) is 48.5 Å². The van der Waals surface area contributed by atoms with Gasteiger partial charge < -0.3 is 23.9 Å². The van der Waals surface area contributed by atoms with Gasteiger partial charge >= 0.3 is 11.9 Å². The number of aromatic nitrogens is 4. The molecule has 1 amide bonds. The number of methoxy groups -OCH3 is 1. The van der Waals surface area contributed by atoms with Crippen LogP contribution in [0.5, 0.6) is 0 Å². The summed E-state index contributed by atoms with van der Waals surface area (Å²) in [6, 6.07) is 14.4. The van der Waals surface area contributed by atoms with Crippen molar-refractivity contribution < 1.29 is 38.5 Å². The summed E-state index contributed by atoms with van der Waals surface area (Å²) in [5, 5.41) is 24.3. The Morgan fingerprint density at radius 2 is 1.71 bits per heavy atom. The van der Waals surface area contributed by atoms with Gasteiger partial charge in [0.25, 0.3) is 5.09 Å². The van der Waals surface area contributed by atoms with E-state index < -0.39 is 47.5 Å². The van der Waals surface area contributed by atoms with Crippen molar-refractivity contribution in [3.63, 3.8) is 0 Å². The summed E-state index contributed by atoms with van der Waals surface area (Å²) in [6.07, 6.45) is -0.955. The topological polar surface area (TPSA) is 189 Å². The number of tetrazole rings is 1. The third-order valence-corrected chi connectivity index (χ3v) is 8.27. The number of ether oxygens (including phenoxy) is 3. The third-order valence-electron chi connectivity index (χ3n) is 8.27. The van der Waals surface area contributed by atoms with Crippen molar-refractivity contribution in [2.45, 2.75) is 90.9 Å². The lowest BCUT2D eigenvalue weighted by atomic mass is 9.97. The first kappa shape index (κ1) is 35.9. The van der Waals surface area contributed by atoms with Crippen LogP contribution in [0.25, 0.3) is 22.5 Å². The largest absolute Gasteiger partial charge is 0.425 e. The van der Waals surface area contributed by atoms with E-state index in [4.69, 9.17) is 14.2 Å². The second kappa shape index (κ2) is 16.8. The van der Waals surface area contributed by atoms with Gasteiger partial charge in [0, 0.05) is 32.6 Å². The molecule has 1 saturated carbocycles. The van der Waals surface area contributed by atoms with E-state index >= 15 is 0 Å². The van der Waals surface area contributed by atoms with Crippen LogP contribution >= 0.6 is 0 Å². The molecule has 1 N–H and O–H groups in total. The van der Waals surface area contributed by atoms with Gasteiger partial charge in [0.2, 0.25) is 18.0 Å².